The highest BCUT2D eigenvalue weighted by molar-refractivity contribution is 6.07. The van der Waals surface area contributed by atoms with Gasteiger partial charge in [-0.3, -0.25) is 14.3 Å². The maximum atomic E-state index is 13.0. The minimum Gasteiger partial charge on any atom is -0.494 e. The zero-order chi connectivity index (χ0) is 23.2. The highest BCUT2D eigenvalue weighted by Gasteiger charge is 2.25. The number of rotatable bonds is 8. The molecule has 9 nitrogen and oxygen atoms in total. The Balaban J connectivity index is 1.37. The summed E-state index contributed by atoms with van der Waals surface area (Å²) >= 11 is 0. The number of piperidine rings is 1. The van der Waals surface area contributed by atoms with Crippen LogP contribution in [0.2, 0.25) is 0 Å². The van der Waals surface area contributed by atoms with Gasteiger partial charge in [0, 0.05) is 20.1 Å². The van der Waals surface area contributed by atoms with Crippen molar-refractivity contribution in [3.8, 4) is 11.5 Å². The van der Waals surface area contributed by atoms with Crippen molar-refractivity contribution in [1.82, 2.24) is 14.7 Å². The molecule has 33 heavy (non-hydrogen) atoms. The van der Waals surface area contributed by atoms with Crippen LogP contribution in [0.15, 0.2) is 47.0 Å². The number of ether oxygens (including phenoxy) is 2. The van der Waals surface area contributed by atoms with Crippen LogP contribution < -0.4 is 14.8 Å². The molecule has 3 aromatic rings. The van der Waals surface area contributed by atoms with Crippen LogP contribution in [0.1, 0.15) is 53.0 Å². The van der Waals surface area contributed by atoms with Crippen molar-refractivity contribution in [3.05, 3.63) is 59.8 Å². The van der Waals surface area contributed by atoms with Crippen molar-refractivity contribution in [1.29, 1.82) is 0 Å². The van der Waals surface area contributed by atoms with E-state index in [1.54, 1.807) is 24.1 Å². The number of nitrogens with zero attached hydrogens (tertiary/aromatic N) is 3. The van der Waals surface area contributed by atoms with Crippen molar-refractivity contribution < 1.29 is 23.5 Å². The average molecular weight is 453 g/mol. The number of nitrogens with one attached hydrogen (secondary N) is 1. The predicted octanol–water partition coefficient (Wildman–Crippen LogP) is 3.87. The molecule has 9 heteroatoms. The van der Waals surface area contributed by atoms with Crippen molar-refractivity contribution in [2.45, 2.75) is 32.8 Å². The molecule has 0 radical (unpaired) electrons. The fourth-order valence-corrected chi connectivity index (χ4v) is 3.74. The Morgan fingerprint density at radius 1 is 1.03 bits per heavy atom. The predicted molar refractivity (Wildman–Crippen MR) is 122 cm³/mol. The van der Waals surface area contributed by atoms with Gasteiger partial charge in [-0.25, -0.2) is 0 Å². The molecule has 0 bridgehead atoms. The van der Waals surface area contributed by atoms with E-state index in [0.29, 0.717) is 42.6 Å². The Morgan fingerprint density at radius 2 is 1.73 bits per heavy atom. The Bertz CT molecular complexity index is 1100. The molecule has 2 amide bonds. The number of carbonyl (C=O) groups excluding carboxylic acids is 2. The summed E-state index contributed by atoms with van der Waals surface area (Å²) in [6.45, 7) is 4.13. The smallest absolute Gasteiger partial charge is 0.291 e. The Labute approximate surface area is 192 Å². The van der Waals surface area contributed by atoms with E-state index in [0.717, 1.165) is 25.0 Å². The van der Waals surface area contributed by atoms with Gasteiger partial charge in [0.25, 0.3) is 11.8 Å². The van der Waals surface area contributed by atoms with Crippen molar-refractivity contribution in [3.63, 3.8) is 0 Å². The number of carbonyl (C=O) groups is 2. The third-order valence-corrected chi connectivity index (χ3v) is 5.43. The molecule has 1 aliphatic rings. The molecule has 4 rings (SSSR count). The maximum absolute atomic E-state index is 13.0. The molecule has 1 fully saturated rings. The average Bonchev–Trinajstić information content (AvgIpc) is 3.46. The van der Waals surface area contributed by atoms with E-state index in [-0.39, 0.29) is 18.3 Å². The number of hydrogen-bond acceptors (Lipinski definition) is 6. The summed E-state index contributed by atoms with van der Waals surface area (Å²) in [5.41, 5.74) is 0.720. The summed E-state index contributed by atoms with van der Waals surface area (Å²) in [4.78, 5) is 27.5. The summed E-state index contributed by atoms with van der Waals surface area (Å²) < 4.78 is 18.3. The molecular formula is C24H28N4O5. The van der Waals surface area contributed by atoms with Gasteiger partial charge in [0.1, 0.15) is 29.6 Å². The number of benzene rings is 1. The van der Waals surface area contributed by atoms with Gasteiger partial charge >= 0.3 is 0 Å². The van der Waals surface area contributed by atoms with Crippen LogP contribution >= 0.6 is 0 Å². The van der Waals surface area contributed by atoms with Crippen molar-refractivity contribution in [2.24, 2.45) is 7.05 Å². The highest BCUT2D eigenvalue weighted by Crippen LogP contribution is 2.22. The molecule has 3 heterocycles. The minimum absolute atomic E-state index is 0.125. The fourth-order valence-electron chi connectivity index (χ4n) is 3.74. The Kier molecular flexibility index (Phi) is 6.97. The first-order valence-corrected chi connectivity index (χ1v) is 11.1. The van der Waals surface area contributed by atoms with Crippen molar-refractivity contribution >= 4 is 17.5 Å². The lowest BCUT2D eigenvalue weighted by Crippen LogP contribution is -2.37. The van der Waals surface area contributed by atoms with E-state index < -0.39 is 5.91 Å². The molecule has 0 saturated carbocycles. The quantitative estimate of drug-likeness (QED) is 0.557. The SMILES string of the molecule is CCOc1ccc(OCc2ccc(C(=O)Nc3cnn(C)c3C(=O)N3CCCCC3)o2)cc1. The molecule has 0 atom stereocenters. The minimum atomic E-state index is -0.456. The standard InChI is InChI=1S/C24H28N4O5/c1-3-31-17-7-9-18(10-8-17)32-16-19-11-12-21(33-19)23(29)26-20-15-25-27(2)22(20)24(30)28-13-5-4-6-14-28/h7-12,15H,3-6,13-14,16H2,1-2H3,(H,26,29). The fraction of sp³-hybridized carbons (Fsp3) is 0.375. The number of furan rings is 1. The van der Waals surface area contributed by atoms with Crippen LogP contribution in [0.5, 0.6) is 11.5 Å². The van der Waals surface area contributed by atoms with Gasteiger partial charge in [0.2, 0.25) is 0 Å². The van der Waals surface area contributed by atoms with Gasteiger partial charge in [-0.05, 0) is 62.6 Å². The van der Waals surface area contributed by atoms with Crippen LogP contribution in [0, 0.1) is 0 Å². The number of anilines is 1. The molecule has 2 aromatic heterocycles. The molecular weight excluding hydrogens is 424 g/mol. The second-order valence-electron chi connectivity index (χ2n) is 7.80. The molecule has 1 N–H and O–H groups in total. The summed E-state index contributed by atoms with van der Waals surface area (Å²) in [6.07, 6.45) is 4.58. The zero-order valence-corrected chi connectivity index (χ0v) is 18.9. The Morgan fingerprint density at radius 3 is 2.42 bits per heavy atom. The second-order valence-corrected chi connectivity index (χ2v) is 7.80. The van der Waals surface area contributed by atoms with E-state index in [1.165, 1.54) is 10.9 Å². The van der Waals surface area contributed by atoms with Crippen LogP contribution in [0.3, 0.4) is 0 Å². The largest absolute Gasteiger partial charge is 0.494 e. The molecule has 1 saturated heterocycles. The lowest BCUT2D eigenvalue weighted by molar-refractivity contribution is 0.0714. The van der Waals surface area contributed by atoms with Gasteiger partial charge < -0.3 is 24.1 Å². The lowest BCUT2D eigenvalue weighted by Gasteiger charge is -2.27. The summed E-state index contributed by atoms with van der Waals surface area (Å²) in [7, 11) is 1.69. The highest BCUT2D eigenvalue weighted by atomic mass is 16.5. The number of likely N-dealkylation sites (tertiary alicyclic amines) is 1. The molecule has 1 aromatic carbocycles. The van der Waals surface area contributed by atoms with E-state index in [9.17, 15) is 9.59 Å². The van der Waals surface area contributed by atoms with Gasteiger partial charge in [0.15, 0.2) is 5.76 Å². The first-order valence-electron chi connectivity index (χ1n) is 11.1. The topological polar surface area (TPSA) is 98.8 Å². The third kappa shape index (κ3) is 5.36. The van der Waals surface area contributed by atoms with Crippen molar-refractivity contribution in [2.75, 3.05) is 25.0 Å². The third-order valence-electron chi connectivity index (χ3n) is 5.43. The zero-order valence-electron chi connectivity index (χ0n) is 18.9. The molecule has 1 aliphatic heterocycles. The van der Waals surface area contributed by atoms with E-state index >= 15 is 0 Å². The van der Waals surface area contributed by atoms with Crippen LogP contribution in [-0.2, 0) is 13.7 Å². The van der Waals surface area contributed by atoms with Gasteiger partial charge in [0.05, 0.1) is 18.5 Å². The van der Waals surface area contributed by atoms with Gasteiger partial charge in [-0.1, -0.05) is 0 Å². The normalized spacial score (nSPS) is 13.6. The van der Waals surface area contributed by atoms with Crippen LogP contribution in [0.25, 0.3) is 0 Å². The number of hydrogen-bond donors (Lipinski definition) is 1. The van der Waals surface area contributed by atoms with Crippen LogP contribution in [-0.4, -0.2) is 46.2 Å². The summed E-state index contributed by atoms with van der Waals surface area (Å²) in [6, 6.07) is 10.5. The summed E-state index contributed by atoms with van der Waals surface area (Å²) in [5, 5.41) is 6.91. The lowest BCUT2D eigenvalue weighted by atomic mass is 10.1. The monoisotopic (exact) mass is 452 g/mol. The van der Waals surface area contributed by atoms with Gasteiger partial charge in [-0.15, -0.1) is 0 Å². The maximum Gasteiger partial charge on any atom is 0.291 e. The van der Waals surface area contributed by atoms with E-state index in [2.05, 4.69) is 10.4 Å². The number of amides is 2. The van der Waals surface area contributed by atoms with Gasteiger partial charge in [-0.2, -0.15) is 5.10 Å². The molecule has 0 aliphatic carbocycles. The summed E-state index contributed by atoms with van der Waals surface area (Å²) in [5.74, 6) is 1.48. The molecule has 0 spiro atoms. The molecule has 0 unspecified atom stereocenters. The second kappa shape index (κ2) is 10.2. The van der Waals surface area contributed by atoms with Crippen LogP contribution in [0.4, 0.5) is 5.69 Å². The first-order chi connectivity index (χ1) is 16.0. The number of aryl methyl sites for hydroxylation is 1. The number of aromatic nitrogens is 2. The first kappa shape index (κ1) is 22.4. The molecule has 174 valence electrons. The van der Waals surface area contributed by atoms with E-state index in [1.807, 2.05) is 31.2 Å². The van der Waals surface area contributed by atoms with E-state index in [4.69, 9.17) is 13.9 Å². The Hall–Kier alpha value is -3.75.